The van der Waals surface area contributed by atoms with E-state index in [1.165, 1.54) is 6.20 Å². The molecule has 0 heterocycles. The Hall–Kier alpha value is -1.29. The van der Waals surface area contributed by atoms with Gasteiger partial charge >= 0.3 is 0 Å². The molecule has 6 heteroatoms. The van der Waals surface area contributed by atoms with Crippen LogP contribution in [-0.2, 0) is 0 Å². The average molecular weight is 520 g/mol. The summed E-state index contributed by atoms with van der Waals surface area (Å²) >= 11 is 4.42. The lowest BCUT2D eigenvalue weighted by Gasteiger charge is -2.14. The number of rotatable bonds is 4. The van der Waals surface area contributed by atoms with Gasteiger partial charge in [-0.15, -0.1) is 0 Å². The number of nitrogens with one attached hydrogen (secondary N) is 2. The summed E-state index contributed by atoms with van der Waals surface area (Å²) < 4.78 is 2.12. The quantitative estimate of drug-likeness (QED) is 0.405. The lowest BCUT2D eigenvalue weighted by molar-refractivity contribution is 0.0970. The highest BCUT2D eigenvalue weighted by Crippen LogP contribution is 2.26. The van der Waals surface area contributed by atoms with E-state index in [-0.39, 0.29) is 5.91 Å². The SMILES string of the molecule is Cc1cc(I)ccc1Nc1ccc(I)cc1C(=O)NC=CO. The van der Waals surface area contributed by atoms with Gasteiger partial charge in [-0.05, 0) is 94.1 Å². The first kappa shape index (κ1) is 17.1. The molecule has 3 N–H and O–H groups in total. The molecule has 4 nitrogen and oxygen atoms in total. The van der Waals surface area contributed by atoms with E-state index in [0.29, 0.717) is 11.3 Å². The molecule has 114 valence electrons. The molecule has 2 rings (SSSR count). The lowest BCUT2D eigenvalue weighted by Crippen LogP contribution is -2.18. The maximum absolute atomic E-state index is 12.2. The van der Waals surface area contributed by atoms with Crippen molar-refractivity contribution in [1.82, 2.24) is 5.32 Å². The zero-order valence-electron chi connectivity index (χ0n) is 11.7. The van der Waals surface area contributed by atoms with E-state index in [0.717, 1.165) is 24.7 Å². The van der Waals surface area contributed by atoms with Gasteiger partial charge in [0.2, 0.25) is 0 Å². The van der Waals surface area contributed by atoms with E-state index in [9.17, 15) is 4.79 Å². The Morgan fingerprint density at radius 3 is 2.36 bits per heavy atom. The van der Waals surface area contributed by atoms with Crippen LogP contribution >= 0.6 is 45.2 Å². The second-order valence-corrected chi connectivity index (χ2v) is 7.05. The zero-order chi connectivity index (χ0) is 16.1. The Balaban J connectivity index is 2.36. The van der Waals surface area contributed by atoms with Crippen LogP contribution in [0.25, 0.3) is 0 Å². The number of hydrogen-bond acceptors (Lipinski definition) is 3. The first-order chi connectivity index (χ1) is 10.5. The molecule has 0 aliphatic heterocycles. The van der Waals surface area contributed by atoms with Crippen molar-refractivity contribution in [3.63, 3.8) is 0 Å². The molecule has 0 aliphatic rings. The maximum Gasteiger partial charge on any atom is 0.257 e. The van der Waals surface area contributed by atoms with Crippen molar-refractivity contribution in [3.05, 3.63) is 67.1 Å². The number of carbonyl (C=O) groups is 1. The number of aryl methyl sites for hydroxylation is 1. The number of halogens is 2. The Labute approximate surface area is 156 Å². The maximum atomic E-state index is 12.2. The molecule has 1 amide bonds. The predicted octanol–water partition coefficient (Wildman–Crippen LogP) is 4.71. The largest absolute Gasteiger partial charge is 0.514 e. The van der Waals surface area contributed by atoms with Gasteiger partial charge in [-0.25, -0.2) is 0 Å². The van der Waals surface area contributed by atoms with Crippen molar-refractivity contribution in [3.8, 4) is 0 Å². The van der Waals surface area contributed by atoms with E-state index >= 15 is 0 Å². The van der Waals surface area contributed by atoms with Gasteiger partial charge in [0.05, 0.1) is 17.5 Å². The number of anilines is 2. The lowest BCUT2D eigenvalue weighted by atomic mass is 10.1. The molecule has 0 radical (unpaired) electrons. The van der Waals surface area contributed by atoms with Gasteiger partial charge in [0, 0.05) is 19.0 Å². The normalized spacial score (nSPS) is 10.7. The van der Waals surface area contributed by atoms with Crippen LogP contribution < -0.4 is 10.6 Å². The number of amides is 1. The molecule has 0 saturated heterocycles. The highest BCUT2D eigenvalue weighted by Gasteiger charge is 2.12. The third-order valence-electron chi connectivity index (χ3n) is 2.97. The third-order valence-corrected chi connectivity index (χ3v) is 4.31. The topological polar surface area (TPSA) is 61.4 Å². The molecule has 2 aromatic rings. The van der Waals surface area contributed by atoms with Crippen molar-refractivity contribution < 1.29 is 9.90 Å². The number of benzene rings is 2. The van der Waals surface area contributed by atoms with Crippen LogP contribution in [0.5, 0.6) is 0 Å². The molecule has 0 aliphatic carbocycles. The molecular weight excluding hydrogens is 506 g/mol. The Morgan fingerprint density at radius 2 is 1.73 bits per heavy atom. The minimum absolute atomic E-state index is 0.283. The minimum Gasteiger partial charge on any atom is -0.514 e. The van der Waals surface area contributed by atoms with Crippen LogP contribution in [0.1, 0.15) is 15.9 Å². The first-order valence-electron chi connectivity index (χ1n) is 6.44. The highest BCUT2D eigenvalue weighted by atomic mass is 127. The van der Waals surface area contributed by atoms with Crippen LogP contribution in [-0.4, -0.2) is 11.0 Å². The fourth-order valence-electron chi connectivity index (χ4n) is 1.92. The van der Waals surface area contributed by atoms with E-state index in [1.54, 1.807) is 6.07 Å². The Morgan fingerprint density at radius 1 is 1.09 bits per heavy atom. The van der Waals surface area contributed by atoms with E-state index < -0.39 is 0 Å². The van der Waals surface area contributed by atoms with E-state index in [4.69, 9.17) is 5.11 Å². The summed E-state index contributed by atoms with van der Waals surface area (Å²) in [6.45, 7) is 2.02. The standard InChI is InChI=1S/C16H14I2N2O2/c1-10-8-11(17)2-4-14(10)20-15-5-3-12(18)9-13(15)16(22)19-6-7-21/h2-9,20-21H,1H3,(H,19,22). The van der Waals surface area contributed by atoms with Crippen LogP contribution in [0.3, 0.4) is 0 Å². The van der Waals surface area contributed by atoms with Crippen molar-refractivity contribution in [2.24, 2.45) is 0 Å². The molecule has 0 saturated carbocycles. The molecule has 0 fully saturated rings. The van der Waals surface area contributed by atoms with Crippen molar-refractivity contribution in [2.45, 2.75) is 6.92 Å². The summed E-state index contributed by atoms with van der Waals surface area (Å²) in [5.41, 5.74) is 3.29. The van der Waals surface area contributed by atoms with Crippen molar-refractivity contribution >= 4 is 62.5 Å². The summed E-state index contributed by atoms with van der Waals surface area (Å²) in [6, 6.07) is 11.7. The molecule has 0 atom stereocenters. The summed E-state index contributed by atoms with van der Waals surface area (Å²) in [6.07, 6.45) is 1.99. The fraction of sp³-hybridized carbons (Fsp3) is 0.0625. The molecule has 22 heavy (non-hydrogen) atoms. The summed E-state index contributed by atoms with van der Waals surface area (Å²) in [5.74, 6) is -0.283. The summed E-state index contributed by atoms with van der Waals surface area (Å²) in [7, 11) is 0. The van der Waals surface area contributed by atoms with Gasteiger partial charge in [-0.3, -0.25) is 4.79 Å². The van der Waals surface area contributed by atoms with Gasteiger partial charge in [-0.2, -0.15) is 0 Å². The Bertz CT molecular complexity index is 730. The summed E-state index contributed by atoms with van der Waals surface area (Å²) in [5, 5.41) is 14.5. The zero-order valence-corrected chi connectivity index (χ0v) is 16.0. The van der Waals surface area contributed by atoms with Crippen LogP contribution in [0.4, 0.5) is 11.4 Å². The van der Waals surface area contributed by atoms with Gasteiger partial charge < -0.3 is 15.7 Å². The number of aliphatic hydroxyl groups excluding tert-OH is 1. The van der Waals surface area contributed by atoms with E-state index in [1.807, 2.05) is 31.2 Å². The van der Waals surface area contributed by atoms with Crippen LogP contribution in [0.15, 0.2) is 48.9 Å². The molecule has 2 aromatic carbocycles. The molecule has 0 spiro atoms. The number of aliphatic hydroxyl groups is 1. The molecular formula is C16H14I2N2O2. The van der Waals surface area contributed by atoms with Gasteiger partial charge in [0.25, 0.3) is 5.91 Å². The monoisotopic (exact) mass is 520 g/mol. The second-order valence-electron chi connectivity index (χ2n) is 4.56. The van der Waals surface area contributed by atoms with Crippen molar-refractivity contribution in [2.75, 3.05) is 5.32 Å². The number of carbonyl (C=O) groups excluding carboxylic acids is 1. The molecule has 0 unspecified atom stereocenters. The van der Waals surface area contributed by atoms with Crippen LogP contribution in [0, 0.1) is 14.1 Å². The van der Waals surface area contributed by atoms with E-state index in [2.05, 4.69) is 61.9 Å². The average Bonchev–Trinajstić information content (AvgIpc) is 2.49. The smallest absolute Gasteiger partial charge is 0.257 e. The first-order valence-corrected chi connectivity index (χ1v) is 8.60. The van der Waals surface area contributed by atoms with Gasteiger partial charge in [-0.1, -0.05) is 0 Å². The molecule has 0 aromatic heterocycles. The van der Waals surface area contributed by atoms with Gasteiger partial charge in [0.15, 0.2) is 0 Å². The fourth-order valence-corrected chi connectivity index (χ4v) is 3.05. The highest BCUT2D eigenvalue weighted by molar-refractivity contribution is 14.1. The number of hydrogen-bond donors (Lipinski definition) is 3. The summed E-state index contributed by atoms with van der Waals surface area (Å²) in [4.78, 5) is 12.2. The van der Waals surface area contributed by atoms with Crippen LogP contribution in [0.2, 0.25) is 0 Å². The van der Waals surface area contributed by atoms with Crippen molar-refractivity contribution in [1.29, 1.82) is 0 Å². The minimum atomic E-state index is -0.283. The predicted molar refractivity (Wildman–Crippen MR) is 106 cm³/mol. The second kappa shape index (κ2) is 7.82. The van der Waals surface area contributed by atoms with Gasteiger partial charge in [0.1, 0.15) is 0 Å². The third kappa shape index (κ3) is 4.35. The Kier molecular flexibility index (Phi) is 6.07. The molecule has 0 bridgehead atoms.